The van der Waals surface area contributed by atoms with Gasteiger partial charge in [0.25, 0.3) is 0 Å². The Bertz CT molecular complexity index is 562. The Balaban J connectivity index is 2.26. The van der Waals surface area contributed by atoms with Crippen molar-refractivity contribution in [2.75, 3.05) is 13.3 Å². The van der Waals surface area contributed by atoms with Gasteiger partial charge in [0.2, 0.25) is 0 Å². The molecule has 1 aliphatic rings. The fraction of sp³-hybridized carbons (Fsp3) is 0.500. The number of benzene rings is 1. The second-order valence-corrected chi connectivity index (χ2v) is 6.92. The average Bonchev–Trinajstić information content (AvgIpc) is 2.45. The molecule has 1 aromatic carbocycles. The van der Waals surface area contributed by atoms with Crippen molar-refractivity contribution in [2.24, 2.45) is 0 Å². The van der Waals surface area contributed by atoms with Crippen molar-refractivity contribution in [1.29, 1.82) is 0 Å². The Morgan fingerprint density at radius 2 is 2.19 bits per heavy atom. The molecule has 0 amide bonds. The molecule has 7 heteroatoms. The van der Waals surface area contributed by atoms with Gasteiger partial charge in [0.15, 0.2) is 0 Å². The van der Waals surface area contributed by atoms with Crippen LogP contribution in [0.15, 0.2) is 24.3 Å². The summed E-state index contributed by atoms with van der Waals surface area (Å²) in [6.07, 6.45) is 0.298. The summed E-state index contributed by atoms with van der Waals surface area (Å²) >= 11 is 0. The lowest BCUT2D eigenvalue weighted by Crippen LogP contribution is -2.45. The molecule has 2 N–H and O–H groups in total. The second-order valence-electron chi connectivity index (χ2n) is 4.99. The molecule has 0 bridgehead atoms. The number of esters is 1. The van der Waals surface area contributed by atoms with E-state index in [9.17, 15) is 14.3 Å². The zero-order chi connectivity index (χ0) is 15.5. The highest BCUT2D eigenvalue weighted by molar-refractivity contribution is 7.52. The third kappa shape index (κ3) is 3.92. The Kier molecular flexibility index (Phi) is 5.17. The zero-order valence-corrected chi connectivity index (χ0v) is 13.0. The van der Waals surface area contributed by atoms with Crippen molar-refractivity contribution in [3.05, 3.63) is 35.4 Å². The maximum absolute atomic E-state index is 12.0. The van der Waals surface area contributed by atoms with E-state index in [0.717, 1.165) is 11.1 Å². The molecule has 0 fully saturated rings. The molecule has 0 aromatic heterocycles. The Morgan fingerprint density at radius 1 is 1.48 bits per heavy atom. The van der Waals surface area contributed by atoms with Crippen LogP contribution < -0.4 is 5.32 Å². The predicted octanol–water partition coefficient (Wildman–Crippen LogP) is 1.98. The molecule has 116 valence electrons. The van der Waals surface area contributed by atoms with Gasteiger partial charge in [0, 0.05) is 6.16 Å². The van der Waals surface area contributed by atoms with Crippen molar-refractivity contribution in [2.45, 2.75) is 32.0 Å². The van der Waals surface area contributed by atoms with Crippen LogP contribution in [0.4, 0.5) is 0 Å². The highest BCUT2D eigenvalue weighted by Crippen LogP contribution is 2.47. The highest BCUT2D eigenvalue weighted by atomic mass is 31.2. The molecule has 2 rings (SSSR count). The van der Waals surface area contributed by atoms with Gasteiger partial charge in [-0.15, -0.1) is 0 Å². The van der Waals surface area contributed by atoms with Crippen LogP contribution in [0.5, 0.6) is 0 Å². The number of fused-ring (bicyclic) bond motifs is 1. The van der Waals surface area contributed by atoms with E-state index in [1.165, 1.54) is 7.11 Å². The van der Waals surface area contributed by atoms with Crippen molar-refractivity contribution in [3.63, 3.8) is 0 Å². The monoisotopic (exact) mass is 313 g/mol. The maximum atomic E-state index is 12.0. The molecule has 0 aliphatic carbocycles. The Morgan fingerprint density at radius 3 is 2.86 bits per heavy atom. The Hall–Kier alpha value is -1.20. The number of carbonyl (C=O) groups excluding carboxylic acids is 1. The summed E-state index contributed by atoms with van der Waals surface area (Å²) in [5, 5.41) is 2.95. The summed E-state index contributed by atoms with van der Waals surface area (Å²) in [5.41, 5.74) is 1.69. The summed E-state index contributed by atoms with van der Waals surface area (Å²) in [5.74, 6) is -0.415. The maximum Gasteiger partial charge on any atom is 0.329 e. The number of carbonyl (C=O) groups is 1. The van der Waals surface area contributed by atoms with Crippen LogP contribution >= 0.6 is 7.60 Å². The summed E-state index contributed by atoms with van der Waals surface area (Å²) in [6, 6.07) is 6.81. The number of ether oxygens (including phenoxy) is 1. The quantitative estimate of drug-likeness (QED) is 0.639. The van der Waals surface area contributed by atoms with Crippen molar-refractivity contribution >= 4 is 13.6 Å². The lowest BCUT2D eigenvalue weighted by atomic mass is 9.95. The second kappa shape index (κ2) is 6.71. The summed E-state index contributed by atoms with van der Waals surface area (Å²) in [7, 11) is -2.38. The first kappa shape index (κ1) is 16.2. The minimum atomic E-state index is -3.70. The van der Waals surface area contributed by atoms with Gasteiger partial charge in [0.1, 0.15) is 12.3 Å². The van der Waals surface area contributed by atoms with Gasteiger partial charge in [-0.05, 0) is 24.0 Å². The molecule has 3 unspecified atom stereocenters. The van der Waals surface area contributed by atoms with Crippen LogP contribution in [-0.2, 0) is 25.0 Å². The highest BCUT2D eigenvalue weighted by Gasteiger charge is 2.35. The van der Waals surface area contributed by atoms with E-state index < -0.39 is 25.8 Å². The number of rotatable bonds is 5. The third-order valence-corrected chi connectivity index (χ3v) is 4.93. The molecule has 1 aromatic rings. The fourth-order valence-electron chi connectivity index (χ4n) is 2.41. The number of hydrogen-bond donors (Lipinski definition) is 2. The lowest BCUT2D eigenvalue weighted by Gasteiger charge is -2.32. The van der Waals surface area contributed by atoms with Gasteiger partial charge < -0.3 is 9.63 Å². The number of hydrogen-bond acceptors (Lipinski definition) is 5. The molecule has 6 nitrogen and oxygen atoms in total. The molecule has 3 atom stereocenters. The molecule has 21 heavy (non-hydrogen) atoms. The van der Waals surface area contributed by atoms with Gasteiger partial charge in [-0.3, -0.25) is 19.2 Å². The smallest absolute Gasteiger partial charge is 0.329 e. The predicted molar refractivity (Wildman–Crippen MR) is 77.9 cm³/mol. The van der Waals surface area contributed by atoms with Crippen LogP contribution in [0.3, 0.4) is 0 Å². The molecule has 0 radical (unpaired) electrons. The van der Waals surface area contributed by atoms with Gasteiger partial charge in [0.05, 0.1) is 7.11 Å². The summed E-state index contributed by atoms with van der Waals surface area (Å²) in [6.45, 7) is 1.81. The van der Waals surface area contributed by atoms with Crippen molar-refractivity contribution in [1.82, 2.24) is 5.32 Å². The van der Waals surface area contributed by atoms with Gasteiger partial charge >= 0.3 is 13.6 Å². The van der Waals surface area contributed by atoms with E-state index in [1.807, 2.05) is 31.2 Å². The third-order valence-electron chi connectivity index (χ3n) is 3.38. The largest absolute Gasteiger partial charge is 0.468 e. The zero-order valence-electron chi connectivity index (χ0n) is 12.1. The van der Waals surface area contributed by atoms with Crippen LogP contribution in [0.2, 0.25) is 0 Å². The normalized spacial score (nSPS) is 24.0. The van der Waals surface area contributed by atoms with Crippen LogP contribution in [0, 0.1) is 0 Å². The molecule has 0 saturated heterocycles. The van der Waals surface area contributed by atoms with Gasteiger partial charge in [-0.25, -0.2) is 0 Å². The SMILES string of the molecule is CCCP(=O)(O)OC1NC(C(=O)OC)Cc2ccccc21. The fourth-order valence-corrected chi connectivity index (χ4v) is 3.58. The van der Waals surface area contributed by atoms with E-state index in [1.54, 1.807) is 0 Å². The topological polar surface area (TPSA) is 84.9 Å². The van der Waals surface area contributed by atoms with Crippen molar-refractivity contribution in [3.8, 4) is 0 Å². The minimum Gasteiger partial charge on any atom is -0.468 e. The van der Waals surface area contributed by atoms with E-state index in [-0.39, 0.29) is 6.16 Å². The summed E-state index contributed by atoms with van der Waals surface area (Å²) < 4.78 is 22.1. The molecule has 0 saturated carbocycles. The molecular weight excluding hydrogens is 293 g/mol. The van der Waals surface area contributed by atoms with E-state index >= 15 is 0 Å². The molecular formula is C14H20NO5P. The standard InChI is InChI=1S/C14H20NO5P/c1-3-8-21(17,18)20-13-11-7-5-4-6-10(11)9-12(15-13)14(16)19-2/h4-7,12-13,15H,3,8-9H2,1-2H3,(H,17,18). The lowest BCUT2D eigenvalue weighted by molar-refractivity contribution is -0.144. The average molecular weight is 313 g/mol. The first-order valence-electron chi connectivity index (χ1n) is 6.88. The Labute approximate surface area is 124 Å². The van der Waals surface area contributed by atoms with E-state index in [0.29, 0.717) is 12.8 Å². The number of methoxy groups -OCH3 is 1. The van der Waals surface area contributed by atoms with Gasteiger partial charge in [-0.2, -0.15) is 0 Å². The minimum absolute atomic E-state index is 0.0796. The van der Waals surface area contributed by atoms with Crippen LogP contribution in [0.25, 0.3) is 0 Å². The number of nitrogens with one attached hydrogen (secondary N) is 1. The van der Waals surface area contributed by atoms with E-state index in [2.05, 4.69) is 5.32 Å². The van der Waals surface area contributed by atoms with Gasteiger partial charge in [-0.1, -0.05) is 31.2 Å². The van der Waals surface area contributed by atoms with E-state index in [4.69, 9.17) is 9.26 Å². The first-order chi connectivity index (χ1) is 9.96. The van der Waals surface area contributed by atoms with Crippen LogP contribution in [-0.4, -0.2) is 30.2 Å². The summed E-state index contributed by atoms with van der Waals surface area (Å²) in [4.78, 5) is 21.6. The molecule has 1 heterocycles. The first-order valence-corrected chi connectivity index (χ1v) is 8.65. The molecule has 1 aliphatic heterocycles. The van der Waals surface area contributed by atoms with Crippen LogP contribution in [0.1, 0.15) is 30.7 Å². The molecule has 0 spiro atoms. The van der Waals surface area contributed by atoms with Crippen molar-refractivity contribution < 1.29 is 23.5 Å².